The van der Waals surface area contributed by atoms with Crippen LogP contribution in [0.5, 0.6) is 0 Å². The maximum atomic E-state index is 11.3. The van der Waals surface area contributed by atoms with Crippen molar-refractivity contribution in [3.8, 4) is 0 Å². The van der Waals surface area contributed by atoms with Gasteiger partial charge in [0.2, 0.25) is 0 Å². The van der Waals surface area contributed by atoms with Crippen LogP contribution in [0.1, 0.15) is 96.8 Å². The summed E-state index contributed by atoms with van der Waals surface area (Å²) in [6, 6.07) is 0. The summed E-state index contributed by atoms with van der Waals surface area (Å²) in [6.07, 6.45) is 13.8. The van der Waals surface area contributed by atoms with E-state index in [-0.39, 0.29) is 58.0 Å². The van der Waals surface area contributed by atoms with Crippen molar-refractivity contribution < 1.29 is 69.5 Å². The Hall–Kier alpha value is 1.51. The van der Waals surface area contributed by atoms with Crippen LogP contribution in [0.15, 0.2) is 0 Å². The molecule has 0 saturated carbocycles. The Balaban J connectivity index is 0. The summed E-state index contributed by atoms with van der Waals surface area (Å²) >= 11 is 0. The zero-order valence-electron chi connectivity index (χ0n) is 15.3. The first kappa shape index (κ1) is 26.7. The molecule has 0 aromatic rings. The molecule has 0 aromatic heterocycles. The molecule has 134 valence electrons. The standard InChI is InChI=1S/C17H36O4S.K/c1-2-3-4-5-6-7-8-9-11-14-17(22(19,20)21)15-12-10-13-16-18;/h17-18H,2-16H2,1H3,(H,19,20,21);/q;+1/p-1. The number of hydrogen-bond acceptors (Lipinski definition) is 4. The second-order valence-corrected chi connectivity index (χ2v) is 7.96. The Morgan fingerprint density at radius 1 is 0.783 bits per heavy atom. The van der Waals surface area contributed by atoms with E-state index in [1.54, 1.807) is 0 Å². The van der Waals surface area contributed by atoms with Gasteiger partial charge in [0.1, 0.15) is 0 Å². The van der Waals surface area contributed by atoms with Gasteiger partial charge in [-0.2, -0.15) is 0 Å². The topological polar surface area (TPSA) is 77.4 Å². The third-order valence-electron chi connectivity index (χ3n) is 4.22. The van der Waals surface area contributed by atoms with Gasteiger partial charge in [-0.05, 0) is 19.3 Å². The minimum Gasteiger partial charge on any atom is -0.748 e. The molecule has 0 spiro atoms. The molecule has 6 heteroatoms. The summed E-state index contributed by atoms with van der Waals surface area (Å²) in [5, 5.41) is 7.98. The predicted molar refractivity (Wildman–Crippen MR) is 90.9 cm³/mol. The van der Waals surface area contributed by atoms with Gasteiger partial charge in [0.15, 0.2) is 0 Å². The zero-order valence-corrected chi connectivity index (χ0v) is 19.2. The maximum absolute atomic E-state index is 11.3. The molecule has 23 heavy (non-hydrogen) atoms. The van der Waals surface area contributed by atoms with Crippen molar-refractivity contribution in [2.24, 2.45) is 0 Å². The van der Waals surface area contributed by atoms with Crippen molar-refractivity contribution in [2.75, 3.05) is 6.61 Å². The molecule has 1 unspecified atom stereocenters. The van der Waals surface area contributed by atoms with Gasteiger partial charge in [-0.25, -0.2) is 8.42 Å². The summed E-state index contributed by atoms with van der Waals surface area (Å²) in [7, 11) is -4.17. The summed E-state index contributed by atoms with van der Waals surface area (Å²) in [6.45, 7) is 2.34. The molecule has 1 N–H and O–H groups in total. The second kappa shape index (κ2) is 18.3. The summed E-state index contributed by atoms with van der Waals surface area (Å²) in [5.74, 6) is 0. The average molecular weight is 375 g/mol. The van der Waals surface area contributed by atoms with Gasteiger partial charge in [-0.3, -0.25) is 0 Å². The van der Waals surface area contributed by atoms with Gasteiger partial charge in [0.05, 0.1) is 10.1 Å². The van der Waals surface area contributed by atoms with E-state index in [1.807, 2.05) is 0 Å². The molecular formula is C17H35KO4S. The van der Waals surface area contributed by atoms with Crippen molar-refractivity contribution in [3.63, 3.8) is 0 Å². The fraction of sp³-hybridized carbons (Fsp3) is 1.00. The molecule has 0 aliphatic carbocycles. The van der Waals surface area contributed by atoms with Crippen LogP contribution in [0, 0.1) is 0 Å². The number of aliphatic hydroxyl groups is 1. The first-order valence-corrected chi connectivity index (χ1v) is 10.5. The molecule has 0 fully saturated rings. The Morgan fingerprint density at radius 3 is 1.57 bits per heavy atom. The number of rotatable bonds is 16. The predicted octanol–water partition coefficient (Wildman–Crippen LogP) is 1.38. The number of unbranched alkanes of at least 4 members (excludes halogenated alkanes) is 10. The van der Waals surface area contributed by atoms with Crippen LogP contribution >= 0.6 is 0 Å². The van der Waals surface area contributed by atoms with Crippen LogP contribution in [0.25, 0.3) is 0 Å². The monoisotopic (exact) mass is 374 g/mol. The Kier molecular flexibility index (Phi) is 21.3. The Bertz CT molecular complexity index is 333. The van der Waals surface area contributed by atoms with E-state index in [2.05, 4.69) is 6.92 Å². The Labute approximate surface area is 186 Å². The SMILES string of the molecule is CCCCCCCCCCCC(CCCCCO)S(=O)(=O)[O-].[K+]. The largest absolute Gasteiger partial charge is 1.00 e. The van der Waals surface area contributed by atoms with Crippen LogP contribution in [0.2, 0.25) is 0 Å². The van der Waals surface area contributed by atoms with Crippen molar-refractivity contribution in [1.82, 2.24) is 0 Å². The maximum Gasteiger partial charge on any atom is 1.00 e. The summed E-state index contributed by atoms with van der Waals surface area (Å²) in [5.41, 5.74) is 0. The van der Waals surface area contributed by atoms with Gasteiger partial charge in [0, 0.05) is 11.9 Å². The normalized spacial score (nSPS) is 12.8. The third kappa shape index (κ3) is 18.1. The Morgan fingerprint density at radius 2 is 1.17 bits per heavy atom. The molecule has 4 nitrogen and oxygen atoms in total. The fourth-order valence-corrected chi connectivity index (χ4v) is 3.69. The minimum absolute atomic E-state index is 0. The number of aliphatic hydroxyl groups excluding tert-OH is 1. The van der Waals surface area contributed by atoms with E-state index in [1.165, 1.54) is 38.5 Å². The molecule has 0 aromatic carbocycles. The van der Waals surface area contributed by atoms with Gasteiger partial charge < -0.3 is 9.66 Å². The average Bonchev–Trinajstić information content (AvgIpc) is 2.46. The molecule has 0 bridgehead atoms. The van der Waals surface area contributed by atoms with E-state index >= 15 is 0 Å². The second-order valence-electron chi connectivity index (χ2n) is 6.30. The van der Waals surface area contributed by atoms with Crippen LogP contribution in [-0.4, -0.2) is 29.9 Å². The summed E-state index contributed by atoms with van der Waals surface area (Å²) in [4.78, 5) is 0. The molecule has 1 atom stereocenters. The molecule has 0 saturated heterocycles. The molecule has 0 amide bonds. The molecule has 0 aliphatic rings. The zero-order chi connectivity index (χ0) is 16.7. The molecule has 0 heterocycles. The van der Waals surface area contributed by atoms with Crippen LogP contribution < -0.4 is 51.4 Å². The van der Waals surface area contributed by atoms with Crippen LogP contribution in [0.4, 0.5) is 0 Å². The van der Waals surface area contributed by atoms with E-state index in [4.69, 9.17) is 5.11 Å². The molecular weight excluding hydrogens is 339 g/mol. The molecule has 0 aliphatic heterocycles. The first-order valence-electron chi connectivity index (χ1n) is 9.08. The van der Waals surface area contributed by atoms with E-state index < -0.39 is 15.4 Å². The van der Waals surface area contributed by atoms with Crippen LogP contribution in [0.3, 0.4) is 0 Å². The van der Waals surface area contributed by atoms with Crippen molar-refractivity contribution in [2.45, 2.75) is 102 Å². The minimum atomic E-state index is -4.17. The molecule has 0 radical (unpaired) electrons. The van der Waals surface area contributed by atoms with Gasteiger partial charge in [-0.1, -0.05) is 77.6 Å². The van der Waals surface area contributed by atoms with E-state index in [0.717, 1.165) is 25.7 Å². The van der Waals surface area contributed by atoms with E-state index in [0.29, 0.717) is 25.7 Å². The van der Waals surface area contributed by atoms with Crippen molar-refractivity contribution >= 4 is 10.1 Å². The first-order chi connectivity index (χ1) is 10.5. The fourth-order valence-electron chi connectivity index (χ4n) is 2.78. The van der Waals surface area contributed by atoms with Gasteiger partial charge in [0.25, 0.3) is 0 Å². The van der Waals surface area contributed by atoms with Gasteiger partial charge >= 0.3 is 51.4 Å². The van der Waals surface area contributed by atoms with Crippen molar-refractivity contribution in [1.29, 1.82) is 0 Å². The van der Waals surface area contributed by atoms with Crippen molar-refractivity contribution in [3.05, 3.63) is 0 Å². The van der Waals surface area contributed by atoms with E-state index in [9.17, 15) is 13.0 Å². The molecule has 0 rings (SSSR count). The van der Waals surface area contributed by atoms with Crippen LogP contribution in [-0.2, 0) is 10.1 Å². The summed E-state index contributed by atoms with van der Waals surface area (Å²) < 4.78 is 33.8. The number of hydrogen-bond donors (Lipinski definition) is 1. The van der Waals surface area contributed by atoms with Gasteiger partial charge in [-0.15, -0.1) is 0 Å². The smallest absolute Gasteiger partial charge is 0.748 e. The third-order valence-corrected chi connectivity index (χ3v) is 5.51. The quantitative estimate of drug-likeness (QED) is 0.251.